The third-order valence-electron chi connectivity index (χ3n) is 4.77. The van der Waals surface area contributed by atoms with Crippen LogP contribution < -0.4 is 0 Å². The van der Waals surface area contributed by atoms with Crippen LogP contribution in [0.25, 0.3) is 0 Å². The van der Waals surface area contributed by atoms with Crippen LogP contribution in [0.5, 0.6) is 5.75 Å². The third kappa shape index (κ3) is 4.68. The molecule has 1 aliphatic rings. The van der Waals surface area contributed by atoms with Gasteiger partial charge in [-0.3, -0.25) is 4.79 Å². The molecule has 0 unspecified atom stereocenters. The van der Waals surface area contributed by atoms with Gasteiger partial charge in [0.1, 0.15) is 5.75 Å². The summed E-state index contributed by atoms with van der Waals surface area (Å²) in [6, 6.07) is 3.72. The number of nitrogens with zero attached hydrogens (tertiary/aromatic N) is 4. The molecule has 2 N–H and O–H groups in total. The Kier molecular flexibility index (Phi) is 6.15. The second-order valence-corrected chi connectivity index (χ2v) is 7.86. The molecular weight excluding hydrogens is 364 g/mol. The molecule has 1 aromatic heterocycles. The van der Waals surface area contributed by atoms with Crippen LogP contribution in [-0.2, 0) is 4.79 Å². The fourth-order valence-electron chi connectivity index (χ4n) is 3.41. The van der Waals surface area contributed by atoms with Gasteiger partial charge in [-0.15, -0.1) is 10.2 Å². The third-order valence-corrected chi connectivity index (χ3v) is 5.67. The van der Waals surface area contributed by atoms with Gasteiger partial charge in [-0.25, -0.2) is 0 Å². The quantitative estimate of drug-likeness (QED) is 0.578. The summed E-state index contributed by atoms with van der Waals surface area (Å²) in [6.45, 7) is 3.69. The summed E-state index contributed by atoms with van der Waals surface area (Å²) in [4.78, 5) is 10.9. The Hall–Kier alpha value is -2.35. The molecule has 1 heterocycles. The first-order valence-electron chi connectivity index (χ1n) is 9.10. The second kappa shape index (κ2) is 8.56. The van der Waals surface area contributed by atoms with Crippen LogP contribution in [0.1, 0.15) is 60.5 Å². The number of hydrogen-bond donors (Lipinski definition) is 2. The van der Waals surface area contributed by atoms with Crippen LogP contribution in [0.4, 0.5) is 0 Å². The first kappa shape index (κ1) is 19.4. The van der Waals surface area contributed by atoms with Gasteiger partial charge in [-0.05, 0) is 55.5 Å². The largest absolute Gasteiger partial charge is 0.507 e. The maximum absolute atomic E-state index is 10.9. The standard InChI is InChI=1S/C19H24N4O3S/c1-12-8-14(9-13(2)17(12)26)10-20-23-18(15-6-4-3-5-7-15)21-22-19(23)27-11-16(24)25/h8-10,15,26H,3-7,11H2,1-2H3,(H,24,25)/b20-10+. The highest BCUT2D eigenvalue weighted by Crippen LogP contribution is 2.33. The fourth-order valence-corrected chi connectivity index (χ4v) is 4.02. The fraction of sp³-hybridized carbons (Fsp3) is 0.474. The van der Waals surface area contributed by atoms with Crippen LogP contribution in [-0.4, -0.2) is 43.0 Å². The molecule has 27 heavy (non-hydrogen) atoms. The summed E-state index contributed by atoms with van der Waals surface area (Å²) in [7, 11) is 0. The van der Waals surface area contributed by atoms with Crippen LogP contribution in [0.2, 0.25) is 0 Å². The summed E-state index contributed by atoms with van der Waals surface area (Å²) in [5.74, 6) is 0.395. The number of rotatable bonds is 6. The lowest BCUT2D eigenvalue weighted by molar-refractivity contribution is -0.133. The Labute approximate surface area is 162 Å². The molecule has 0 spiro atoms. The van der Waals surface area contributed by atoms with E-state index in [1.54, 1.807) is 10.9 Å². The molecule has 3 rings (SSSR count). The van der Waals surface area contributed by atoms with E-state index in [1.807, 2.05) is 26.0 Å². The Bertz CT molecular complexity index is 834. The maximum atomic E-state index is 10.9. The SMILES string of the molecule is Cc1cc(/C=N/n2c(SCC(=O)O)nnc2C2CCCCC2)cc(C)c1O. The van der Waals surface area contributed by atoms with Crippen molar-refractivity contribution in [3.05, 3.63) is 34.6 Å². The van der Waals surface area contributed by atoms with Gasteiger partial charge in [0.15, 0.2) is 5.82 Å². The lowest BCUT2D eigenvalue weighted by Crippen LogP contribution is -2.11. The number of hydrogen-bond acceptors (Lipinski definition) is 6. The maximum Gasteiger partial charge on any atom is 0.313 e. The van der Waals surface area contributed by atoms with Gasteiger partial charge in [-0.1, -0.05) is 31.0 Å². The highest BCUT2D eigenvalue weighted by molar-refractivity contribution is 7.99. The number of aryl methyl sites for hydroxylation is 2. The van der Waals surface area contributed by atoms with Gasteiger partial charge in [0.05, 0.1) is 12.0 Å². The van der Waals surface area contributed by atoms with E-state index in [-0.39, 0.29) is 11.5 Å². The lowest BCUT2D eigenvalue weighted by Gasteiger charge is -2.20. The van der Waals surface area contributed by atoms with Crippen LogP contribution in [0.15, 0.2) is 22.4 Å². The average molecular weight is 388 g/mol. The Balaban J connectivity index is 1.92. The number of thioether (sulfide) groups is 1. The Morgan fingerprint density at radius 2 is 1.93 bits per heavy atom. The molecule has 0 amide bonds. The van der Waals surface area contributed by atoms with Crippen molar-refractivity contribution in [2.75, 3.05) is 5.75 Å². The molecule has 1 aliphatic carbocycles. The summed E-state index contributed by atoms with van der Waals surface area (Å²) in [5, 5.41) is 32.5. The van der Waals surface area contributed by atoms with E-state index in [2.05, 4.69) is 15.3 Å². The Morgan fingerprint density at radius 3 is 2.56 bits per heavy atom. The molecule has 8 heteroatoms. The molecule has 0 saturated heterocycles. The predicted molar refractivity (Wildman–Crippen MR) is 105 cm³/mol. The lowest BCUT2D eigenvalue weighted by atomic mass is 9.89. The van der Waals surface area contributed by atoms with Gasteiger partial charge < -0.3 is 10.2 Å². The number of carboxylic acid groups (broad SMARTS) is 1. The van der Waals surface area contributed by atoms with Gasteiger partial charge in [-0.2, -0.15) is 9.78 Å². The molecular formula is C19H24N4O3S. The molecule has 0 radical (unpaired) electrons. The summed E-state index contributed by atoms with van der Waals surface area (Å²) in [5.41, 5.74) is 2.43. The van der Waals surface area contributed by atoms with Crippen molar-refractivity contribution < 1.29 is 15.0 Å². The normalized spacial score (nSPS) is 15.5. The van der Waals surface area contributed by atoms with E-state index in [0.29, 0.717) is 11.1 Å². The van der Waals surface area contributed by atoms with E-state index < -0.39 is 5.97 Å². The predicted octanol–water partition coefficient (Wildman–Crippen LogP) is 3.71. The topological polar surface area (TPSA) is 101 Å². The minimum atomic E-state index is -0.900. The highest BCUT2D eigenvalue weighted by atomic mass is 32.2. The number of carbonyl (C=O) groups is 1. The zero-order valence-corrected chi connectivity index (χ0v) is 16.4. The van der Waals surface area contributed by atoms with Gasteiger partial charge in [0, 0.05) is 5.92 Å². The van der Waals surface area contributed by atoms with Crippen LogP contribution in [0.3, 0.4) is 0 Å². The molecule has 0 bridgehead atoms. The van der Waals surface area contributed by atoms with Crippen molar-refractivity contribution in [3.8, 4) is 5.75 Å². The zero-order chi connectivity index (χ0) is 19.4. The van der Waals surface area contributed by atoms with Crippen molar-refractivity contribution in [1.29, 1.82) is 0 Å². The van der Waals surface area contributed by atoms with Crippen molar-refractivity contribution in [3.63, 3.8) is 0 Å². The second-order valence-electron chi connectivity index (χ2n) is 6.92. The molecule has 7 nitrogen and oxygen atoms in total. The van der Waals surface area contributed by atoms with E-state index in [0.717, 1.165) is 60.0 Å². The molecule has 144 valence electrons. The monoisotopic (exact) mass is 388 g/mol. The minimum Gasteiger partial charge on any atom is -0.507 e. The van der Waals surface area contributed by atoms with Crippen LogP contribution in [0, 0.1) is 13.8 Å². The first-order valence-corrected chi connectivity index (χ1v) is 10.1. The number of benzene rings is 1. The highest BCUT2D eigenvalue weighted by Gasteiger charge is 2.23. The van der Waals surface area contributed by atoms with Crippen molar-refractivity contribution >= 4 is 23.9 Å². The molecule has 1 aromatic carbocycles. The Morgan fingerprint density at radius 1 is 1.26 bits per heavy atom. The van der Waals surface area contributed by atoms with Crippen molar-refractivity contribution in [1.82, 2.24) is 14.9 Å². The molecule has 2 aromatic rings. The van der Waals surface area contributed by atoms with E-state index in [9.17, 15) is 9.90 Å². The number of aromatic hydroxyl groups is 1. The smallest absolute Gasteiger partial charge is 0.313 e. The number of phenolic OH excluding ortho intramolecular Hbond substituents is 1. The average Bonchev–Trinajstić information content (AvgIpc) is 3.06. The minimum absolute atomic E-state index is 0.0876. The number of phenols is 1. The number of aromatic nitrogens is 3. The first-order chi connectivity index (χ1) is 13.0. The summed E-state index contributed by atoms with van der Waals surface area (Å²) in [6.07, 6.45) is 7.37. The molecule has 1 fully saturated rings. The number of carboxylic acids is 1. The summed E-state index contributed by atoms with van der Waals surface area (Å²) >= 11 is 1.12. The number of aliphatic carboxylic acids is 1. The van der Waals surface area contributed by atoms with E-state index in [4.69, 9.17) is 5.11 Å². The van der Waals surface area contributed by atoms with E-state index in [1.165, 1.54) is 6.42 Å². The summed E-state index contributed by atoms with van der Waals surface area (Å²) < 4.78 is 1.68. The van der Waals surface area contributed by atoms with Gasteiger partial charge in [0.25, 0.3) is 0 Å². The van der Waals surface area contributed by atoms with Crippen molar-refractivity contribution in [2.45, 2.75) is 57.0 Å². The molecule has 1 saturated carbocycles. The molecule has 0 atom stereocenters. The molecule has 0 aliphatic heterocycles. The van der Waals surface area contributed by atoms with Crippen LogP contribution >= 0.6 is 11.8 Å². The van der Waals surface area contributed by atoms with Gasteiger partial charge >= 0.3 is 5.97 Å². The van der Waals surface area contributed by atoms with Gasteiger partial charge in [0.2, 0.25) is 5.16 Å². The van der Waals surface area contributed by atoms with Crippen molar-refractivity contribution in [2.24, 2.45) is 5.10 Å². The zero-order valence-electron chi connectivity index (χ0n) is 15.6. The van der Waals surface area contributed by atoms with E-state index >= 15 is 0 Å².